The van der Waals surface area contributed by atoms with Crippen LogP contribution in [0.5, 0.6) is 0 Å². The van der Waals surface area contributed by atoms with Gasteiger partial charge in [0.1, 0.15) is 6.10 Å². The van der Waals surface area contributed by atoms with Crippen molar-refractivity contribution in [2.75, 3.05) is 0 Å². The fraction of sp³-hybridized carbons (Fsp3) is 0.897. The highest BCUT2D eigenvalue weighted by molar-refractivity contribution is 5.66. The zero-order valence-corrected chi connectivity index (χ0v) is 21.2. The summed E-state index contributed by atoms with van der Waals surface area (Å²) in [6.07, 6.45) is 17.2. The standard InChI is InChI=1S/C29H48O2/c1-19(2)8-7-9-20(3)25-12-13-26-24-11-10-22-18-23(31-21(4)30)14-16-28(22,5)27(24)15-17-29(25,26)6/h10,19-20,23-27H,7-9,11-18H2,1-6H3/t20-,23?,24+,25-,26+,27+,28+,29-/m1/s1. The van der Waals surface area contributed by atoms with Crippen LogP contribution in [0.4, 0.5) is 0 Å². The molecule has 0 heterocycles. The number of esters is 1. The Kier molecular flexibility index (Phi) is 6.68. The van der Waals surface area contributed by atoms with Crippen molar-refractivity contribution in [3.63, 3.8) is 0 Å². The minimum absolute atomic E-state index is 0.115. The van der Waals surface area contributed by atoms with Crippen LogP contribution in [-0.4, -0.2) is 12.1 Å². The Bertz CT molecular complexity index is 693. The molecule has 0 aromatic carbocycles. The first-order valence-corrected chi connectivity index (χ1v) is 13.5. The second kappa shape index (κ2) is 8.86. The molecule has 176 valence electrons. The van der Waals surface area contributed by atoms with E-state index >= 15 is 0 Å². The lowest BCUT2D eigenvalue weighted by atomic mass is 9.47. The lowest BCUT2D eigenvalue weighted by Crippen LogP contribution is -2.51. The normalized spacial score (nSPS) is 42.9. The van der Waals surface area contributed by atoms with E-state index in [1.807, 2.05) is 0 Å². The Labute approximate surface area is 192 Å². The van der Waals surface area contributed by atoms with Gasteiger partial charge in [-0.25, -0.2) is 0 Å². The van der Waals surface area contributed by atoms with Gasteiger partial charge in [0, 0.05) is 13.3 Å². The van der Waals surface area contributed by atoms with E-state index < -0.39 is 0 Å². The summed E-state index contributed by atoms with van der Waals surface area (Å²) in [5.41, 5.74) is 2.53. The van der Waals surface area contributed by atoms with Crippen LogP contribution in [0.25, 0.3) is 0 Å². The van der Waals surface area contributed by atoms with E-state index in [0.29, 0.717) is 10.8 Å². The van der Waals surface area contributed by atoms with Gasteiger partial charge in [-0.05, 0) is 91.3 Å². The molecule has 4 aliphatic carbocycles. The van der Waals surface area contributed by atoms with Crippen LogP contribution in [0.2, 0.25) is 0 Å². The van der Waals surface area contributed by atoms with E-state index in [1.165, 1.54) is 57.8 Å². The predicted octanol–water partition coefficient (Wildman–Crippen LogP) is 7.96. The Morgan fingerprint density at radius 1 is 1.06 bits per heavy atom. The summed E-state index contributed by atoms with van der Waals surface area (Å²) in [4.78, 5) is 11.5. The van der Waals surface area contributed by atoms with Crippen LogP contribution in [0.3, 0.4) is 0 Å². The molecule has 4 rings (SSSR count). The van der Waals surface area contributed by atoms with E-state index in [9.17, 15) is 4.79 Å². The van der Waals surface area contributed by atoms with Gasteiger partial charge < -0.3 is 4.74 Å². The van der Waals surface area contributed by atoms with Gasteiger partial charge in [-0.3, -0.25) is 4.79 Å². The lowest BCUT2D eigenvalue weighted by molar-refractivity contribution is -0.148. The van der Waals surface area contributed by atoms with Gasteiger partial charge in [-0.15, -0.1) is 0 Å². The van der Waals surface area contributed by atoms with Crippen LogP contribution in [0.15, 0.2) is 11.6 Å². The molecule has 0 N–H and O–H groups in total. The van der Waals surface area contributed by atoms with Gasteiger partial charge in [0.2, 0.25) is 0 Å². The number of hydrogen-bond donors (Lipinski definition) is 0. The summed E-state index contributed by atoms with van der Waals surface area (Å²) in [5, 5.41) is 0. The Morgan fingerprint density at radius 3 is 2.55 bits per heavy atom. The zero-order valence-electron chi connectivity index (χ0n) is 21.2. The minimum Gasteiger partial charge on any atom is -0.462 e. The highest BCUT2D eigenvalue weighted by atomic mass is 16.5. The SMILES string of the molecule is CC(=O)OC1CC[C@@]2(C)C(=CC[C@H]3[C@@H]4CC[C@H]([C@H](C)CCCC(C)C)[C@@]4(C)CC[C@@H]32)C1. The van der Waals surface area contributed by atoms with Crippen molar-refractivity contribution in [3.05, 3.63) is 11.6 Å². The molecule has 1 unspecified atom stereocenters. The molecule has 0 spiro atoms. The Hall–Kier alpha value is -0.790. The second-order valence-corrected chi connectivity index (χ2v) is 12.8. The van der Waals surface area contributed by atoms with Crippen molar-refractivity contribution in [2.24, 2.45) is 46.3 Å². The van der Waals surface area contributed by atoms with E-state index in [1.54, 1.807) is 12.5 Å². The van der Waals surface area contributed by atoms with Crippen LogP contribution >= 0.6 is 0 Å². The third-order valence-corrected chi connectivity index (χ3v) is 10.6. The lowest BCUT2D eigenvalue weighted by Gasteiger charge is -2.58. The monoisotopic (exact) mass is 428 g/mol. The molecular weight excluding hydrogens is 380 g/mol. The van der Waals surface area contributed by atoms with Crippen molar-refractivity contribution in [3.8, 4) is 0 Å². The molecular formula is C29H48O2. The smallest absolute Gasteiger partial charge is 0.302 e. The topological polar surface area (TPSA) is 26.3 Å². The molecule has 4 aliphatic rings. The maximum absolute atomic E-state index is 11.5. The molecule has 0 aromatic heterocycles. The summed E-state index contributed by atoms with van der Waals surface area (Å²) in [6, 6.07) is 0. The maximum Gasteiger partial charge on any atom is 0.302 e. The third kappa shape index (κ3) is 4.26. The largest absolute Gasteiger partial charge is 0.462 e. The molecule has 3 fully saturated rings. The molecule has 0 saturated heterocycles. The number of allylic oxidation sites excluding steroid dienone is 1. The van der Waals surface area contributed by atoms with Crippen LogP contribution in [0, 0.1) is 46.3 Å². The predicted molar refractivity (Wildman–Crippen MR) is 129 cm³/mol. The van der Waals surface area contributed by atoms with E-state index in [0.717, 1.165) is 48.3 Å². The highest BCUT2D eigenvalue weighted by Gasteiger charge is 2.59. The summed E-state index contributed by atoms with van der Waals surface area (Å²) in [5.74, 6) is 5.19. The van der Waals surface area contributed by atoms with Gasteiger partial charge in [-0.2, -0.15) is 0 Å². The van der Waals surface area contributed by atoms with Gasteiger partial charge in [0.25, 0.3) is 0 Å². The molecule has 0 aliphatic heterocycles. The fourth-order valence-corrected chi connectivity index (χ4v) is 8.99. The van der Waals surface area contributed by atoms with Crippen LogP contribution in [0.1, 0.15) is 112 Å². The summed E-state index contributed by atoms with van der Waals surface area (Å²) < 4.78 is 5.61. The molecule has 2 heteroatoms. The summed E-state index contributed by atoms with van der Waals surface area (Å²) >= 11 is 0. The molecule has 31 heavy (non-hydrogen) atoms. The van der Waals surface area contributed by atoms with Crippen molar-refractivity contribution < 1.29 is 9.53 Å². The van der Waals surface area contributed by atoms with Crippen molar-refractivity contribution in [2.45, 2.75) is 118 Å². The molecule has 2 nitrogen and oxygen atoms in total. The zero-order chi connectivity index (χ0) is 22.4. The molecule has 8 atom stereocenters. The van der Waals surface area contributed by atoms with E-state index in [2.05, 4.69) is 40.7 Å². The average molecular weight is 429 g/mol. The first-order valence-electron chi connectivity index (χ1n) is 13.5. The Morgan fingerprint density at radius 2 is 1.84 bits per heavy atom. The highest BCUT2D eigenvalue weighted by Crippen LogP contribution is 2.67. The Balaban J connectivity index is 1.47. The third-order valence-electron chi connectivity index (χ3n) is 10.6. The van der Waals surface area contributed by atoms with E-state index in [-0.39, 0.29) is 12.1 Å². The minimum atomic E-state index is -0.115. The van der Waals surface area contributed by atoms with Gasteiger partial charge in [0.05, 0.1) is 0 Å². The van der Waals surface area contributed by atoms with Gasteiger partial charge >= 0.3 is 5.97 Å². The van der Waals surface area contributed by atoms with Crippen molar-refractivity contribution >= 4 is 5.97 Å². The van der Waals surface area contributed by atoms with Crippen LogP contribution < -0.4 is 0 Å². The van der Waals surface area contributed by atoms with Gasteiger partial charge in [-0.1, -0.05) is 65.5 Å². The molecule has 0 radical (unpaired) electrons. The summed E-state index contributed by atoms with van der Waals surface area (Å²) in [7, 11) is 0. The molecule has 3 saturated carbocycles. The van der Waals surface area contributed by atoms with E-state index in [4.69, 9.17) is 4.74 Å². The first-order chi connectivity index (χ1) is 14.6. The fourth-order valence-electron chi connectivity index (χ4n) is 8.99. The van der Waals surface area contributed by atoms with Crippen LogP contribution in [-0.2, 0) is 9.53 Å². The molecule has 0 bridgehead atoms. The quantitative estimate of drug-likeness (QED) is 0.317. The number of carbonyl (C=O) groups excluding carboxylic acids is 1. The maximum atomic E-state index is 11.5. The number of rotatable bonds is 6. The van der Waals surface area contributed by atoms with Crippen molar-refractivity contribution in [1.82, 2.24) is 0 Å². The number of ether oxygens (including phenoxy) is 1. The number of carbonyl (C=O) groups is 1. The molecule has 0 aromatic rings. The average Bonchev–Trinajstić information content (AvgIpc) is 3.05. The second-order valence-electron chi connectivity index (χ2n) is 12.8. The first kappa shape index (κ1) is 23.4. The van der Waals surface area contributed by atoms with Crippen molar-refractivity contribution in [1.29, 1.82) is 0 Å². The number of fused-ring (bicyclic) bond motifs is 5. The van der Waals surface area contributed by atoms with Gasteiger partial charge in [0.15, 0.2) is 0 Å². The number of hydrogen-bond acceptors (Lipinski definition) is 2. The summed E-state index contributed by atoms with van der Waals surface area (Å²) in [6.45, 7) is 14.1. The molecule has 0 amide bonds.